The summed E-state index contributed by atoms with van der Waals surface area (Å²) in [7, 11) is 1.56. The van der Waals surface area contributed by atoms with Crippen molar-refractivity contribution in [1.82, 2.24) is 25.0 Å². The van der Waals surface area contributed by atoms with Crippen molar-refractivity contribution in [2.45, 2.75) is 25.3 Å². The van der Waals surface area contributed by atoms with Crippen LogP contribution in [0.2, 0.25) is 0 Å². The predicted molar refractivity (Wildman–Crippen MR) is 147 cm³/mol. The lowest BCUT2D eigenvalue weighted by molar-refractivity contribution is 0.0927. The molecule has 3 aromatic heterocycles. The molecule has 0 atom stereocenters. The number of aryl methyl sites for hydroxylation is 1. The average molecular weight is 520 g/mol. The Hall–Kier alpha value is -4.85. The third-order valence-corrected chi connectivity index (χ3v) is 7.25. The first-order chi connectivity index (χ1) is 18.9. The number of fused-ring (bicyclic) bond motifs is 1. The van der Waals surface area contributed by atoms with Gasteiger partial charge < -0.3 is 10.6 Å². The van der Waals surface area contributed by atoms with Crippen LogP contribution in [-0.2, 0) is 5.54 Å². The molecule has 8 heteroatoms. The highest BCUT2D eigenvalue weighted by molar-refractivity contribution is 6.00. The molecule has 5 aromatic rings. The first kappa shape index (κ1) is 24.5. The summed E-state index contributed by atoms with van der Waals surface area (Å²) in [6.07, 6.45) is 5.29. The molecule has 0 bridgehead atoms. The second-order valence-corrected chi connectivity index (χ2v) is 9.82. The van der Waals surface area contributed by atoms with E-state index >= 15 is 0 Å². The number of rotatable bonds is 6. The van der Waals surface area contributed by atoms with E-state index in [0.29, 0.717) is 28.2 Å². The van der Waals surface area contributed by atoms with Crippen LogP contribution in [0, 0.1) is 12.7 Å². The van der Waals surface area contributed by atoms with Gasteiger partial charge in [-0.15, -0.1) is 0 Å². The van der Waals surface area contributed by atoms with Gasteiger partial charge in [0.25, 0.3) is 11.8 Å². The van der Waals surface area contributed by atoms with Crippen molar-refractivity contribution in [1.29, 1.82) is 0 Å². The number of benzene rings is 2. The van der Waals surface area contributed by atoms with Gasteiger partial charge in [-0.1, -0.05) is 12.1 Å². The minimum atomic E-state index is -0.418. The van der Waals surface area contributed by atoms with Crippen LogP contribution in [0.15, 0.2) is 85.2 Å². The lowest BCUT2D eigenvalue weighted by Gasteiger charge is -2.17. The van der Waals surface area contributed by atoms with Crippen LogP contribution in [0.1, 0.15) is 44.9 Å². The molecule has 1 aliphatic rings. The molecular formula is C31H26FN5O2. The molecule has 0 unspecified atom stereocenters. The van der Waals surface area contributed by atoms with Gasteiger partial charge in [0.05, 0.1) is 11.2 Å². The molecule has 2 N–H and O–H groups in total. The number of imidazole rings is 1. The smallest absolute Gasteiger partial charge is 0.270 e. The maximum atomic E-state index is 13.5. The van der Waals surface area contributed by atoms with E-state index in [0.717, 1.165) is 35.2 Å². The van der Waals surface area contributed by atoms with Gasteiger partial charge in [-0.05, 0) is 97.1 Å². The molecule has 2 amide bonds. The summed E-state index contributed by atoms with van der Waals surface area (Å²) < 4.78 is 15.3. The molecule has 0 radical (unpaired) electrons. The Balaban J connectivity index is 1.39. The van der Waals surface area contributed by atoms with Gasteiger partial charge in [0.2, 0.25) is 0 Å². The van der Waals surface area contributed by atoms with Crippen molar-refractivity contribution in [2.24, 2.45) is 0 Å². The number of aromatic nitrogens is 3. The maximum absolute atomic E-state index is 13.5. The van der Waals surface area contributed by atoms with E-state index in [9.17, 15) is 14.0 Å². The minimum absolute atomic E-state index is 0.159. The SMILES string of the molecule is CNC(=O)c1c(-c2ccc(F)cc2)nc2ccc(-c3cc(C(=O)NC4(c5ccccn5)CC4)ccc3C)cn12. The number of halogens is 1. The molecule has 39 heavy (non-hydrogen) atoms. The molecule has 1 saturated carbocycles. The normalized spacial score (nSPS) is 13.7. The number of pyridine rings is 2. The minimum Gasteiger partial charge on any atom is -0.354 e. The van der Waals surface area contributed by atoms with Gasteiger partial charge in [0.15, 0.2) is 0 Å². The van der Waals surface area contributed by atoms with Gasteiger partial charge in [0.1, 0.15) is 22.9 Å². The average Bonchev–Trinajstić information content (AvgIpc) is 3.65. The number of carbonyl (C=O) groups excluding carboxylic acids is 2. The fourth-order valence-corrected chi connectivity index (χ4v) is 4.93. The van der Waals surface area contributed by atoms with E-state index in [1.165, 1.54) is 12.1 Å². The summed E-state index contributed by atoms with van der Waals surface area (Å²) in [6.45, 7) is 1.98. The van der Waals surface area contributed by atoms with Crippen LogP contribution in [0.4, 0.5) is 4.39 Å². The van der Waals surface area contributed by atoms with Crippen LogP contribution in [0.25, 0.3) is 28.0 Å². The van der Waals surface area contributed by atoms with Crippen molar-refractivity contribution in [2.75, 3.05) is 7.05 Å². The Morgan fingerprint density at radius 3 is 2.41 bits per heavy atom. The predicted octanol–water partition coefficient (Wildman–Crippen LogP) is 5.29. The number of nitrogens with one attached hydrogen (secondary N) is 2. The number of carbonyl (C=O) groups is 2. The van der Waals surface area contributed by atoms with Crippen molar-refractivity contribution in [3.8, 4) is 22.4 Å². The standard InChI is InChI=1S/C31H26FN5O2/c1-19-6-7-21(29(38)36-31(14-15-31)25-5-3-4-16-34-25)17-24(19)22-10-13-26-35-27(20-8-11-23(32)12-9-20)28(30(39)33-2)37(26)18-22/h3-13,16-18H,14-15H2,1-2H3,(H,33,39)(H,36,38). The van der Waals surface area contributed by atoms with Crippen molar-refractivity contribution in [3.63, 3.8) is 0 Å². The molecule has 1 aliphatic carbocycles. The third kappa shape index (κ3) is 4.44. The molecule has 1 fully saturated rings. The topological polar surface area (TPSA) is 88.4 Å². The lowest BCUT2D eigenvalue weighted by atomic mass is 9.98. The van der Waals surface area contributed by atoms with Gasteiger partial charge in [-0.2, -0.15) is 0 Å². The highest BCUT2D eigenvalue weighted by Crippen LogP contribution is 2.44. The summed E-state index contributed by atoms with van der Waals surface area (Å²) in [5, 5.41) is 5.87. The fourth-order valence-electron chi connectivity index (χ4n) is 4.93. The van der Waals surface area contributed by atoms with E-state index < -0.39 is 5.54 Å². The Kier molecular flexibility index (Phi) is 5.95. The molecule has 6 rings (SSSR count). The lowest BCUT2D eigenvalue weighted by Crippen LogP contribution is -2.35. The quantitative estimate of drug-likeness (QED) is 0.319. The van der Waals surface area contributed by atoms with Crippen LogP contribution < -0.4 is 10.6 Å². The highest BCUT2D eigenvalue weighted by atomic mass is 19.1. The number of hydrogen-bond acceptors (Lipinski definition) is 4. The van der Waals surface area contributed by atoms with Crippen molar-refractivity contribution >= 4 is 17.5 Å². The van der Waals surface area contributed by atoms with Crippen LogP contribution >= 0.6 is 0 Å². The monoisotopic (exact) mass is 519 g/mol. The van der Waals surface area contributed by atoms with E-state index in [-0.39, 0.29) is 17.6 Å². The Morgan fingerprint density at radius 1 is 0.949 bits per heavy atom. The first-order valence-corrected chi connectivity index (χ1v) is 12.7. The molecule has 0 saturated heterocycles. The number of nitrogens with zero attached hydrogens (tertiary/aromatic N) is 3. The zero-order valence-electron chi connectivity index (χ0n) is 21.5. The summed E-state index contributed by atoms with van der Waals surface area (Å²) in [6, 6.07) is 21.0. The van der Waals surface area contributed by atoms with Crippen LogP contribution in [-0.4, -0.2) is 33.2 Å². The Morgan fingerprint density at radius 2 is 1.72 bits per heavy atom. The molecule has 0 aliphatic heterocycles. The second-order valence-electron chi connectivity index (χ2n) is 9.82. The largest absolute Gasteiger partial charge is 0.354 e. The van der Waals surface area contributed by atoms with Gasteiger partial charge in [-0.25, -0.2) is 9.37 Å². The second kappa shape index (κ2) is 9.47. The summed E-state index contributed by atoms with van der Waals surface area (Å²) in [5.74, 6) is -0.834. The first-order valence-electron chi connectivity index (χ1n) is 12.7. The van der Waals surface area contributed by atoms with Crippen molar-refractivity contribution < 1.29 is 14.0 Å². The molecule has 2 aromatic carbocycles. The van der Waals surface area contributed by atoms with Crippen molar-refractivity contribution in [3.05, 3.63) is 114 Å². The van der Waals surface area contributed by atoms with Gasteiger partial charge in [0, 0.05) is 30.6 Å². The molecule has 0 spiro atoms. The third-order valence-electron chi connectivity index (χ3n) is 7.25. The van der Waals surface area contributed by atoms with Gasteiger partial charge in [-0.3, -0.25) is 19.0 Å². The fraction of sp³-hybridized carbons (Fsp3) is 0.161. The van der Waals surface area contributed by atoms with Gasteiger partial charge >= 0.3 is 0 Å². The van der Waals surface area contributed by atoms with Crippen LogP contribution in [0.5, 0.6) is 0 Å². The summed E-state index contributed by atoms with van der Waals surface area (Å²) in [4.78, 5) is 35.4. The number of hydrogen-bond donors (Lipinski definition) is 2. The highest BCUT2D eigenvalue weighted by Gasteiger charge is 2.47. The van der Waals surface area contributed by atoms with E-state index in [1.807, 2.05) is 61.7 Å². The Bertz CT molecular complexity index is 1720. The van der Waals surface area contributed by atoms with Crippen LogP contribution in [0.3, 0.4) is 0 Å². The van der Waals surface area contributed by atoms with E-state index in [2.05, 4.69) is 20.6 Å². The molecule has 194 valence electrons. The summed E-state index contributed by atoms with van der Waals surface area (Å²) >= 11 is 0. The Labute approximate surface area is 224 Å². The molecule has 7 nitrogen and oxygen atoms in total. The zero-order chi connectivity index (χ0) is 27.1. The van der Waals surface area contributed by atoms with E-state index in [1.54, 1.807) is 29.8 Å². The number of amides is 2. The summed E-state index contributed by atoms with van der Waals surface area (Å²) in [5.41, 5.74) is 5.69. The zero-order valence-corrected chi connectivity index (χ0v) is 21.5. The maximum Gasteiger partial charge on any atom is 0.270 e. The molecular weight excluding hydrogens is 493 g/mol. The van der Waals surface area contributed by atoms with E-state index in [4.69, 9.17) is 0 Å². The molecule has 3 heterocycles.